The molecule has 3 aromatic rings. The largest absolute Gasteiger partial charge is 0.416 e. The third-order valence-electron chi connectivity index (χ3n) is 3.13. The maximum Gasteiger partial charge on any atom is 0.416 e. The summed E-state index contributed by atoms with van der Waals surface area (Å²) in [7, 11) is 0. The molecule has 0 radical (unpaired) electrons. The monoisotopic (exact) mass is 288 g/mol. The molecule has 0 bridgehead atoms. The van der Waals surface area contributed by atoms with Gasteiger partial charge in [0.05, 0.1) is 5.56 Å². The van der Waals surface area contributed by atoms with Gasteiger partial charge >= 0.3 is 6.18 Å². The van der Waals surface area contributed by atoms with Gasteiger partial charge < -0.3 is 5.32 Å². The van der Waals surface area contributed by atoms with Crippen LogP contribution in [0.25, 0.3) is 10.8 Å². The molecular formula is C16H11F3N2. The van der Waals surface area contributed by atoms with Crippen molar-refractivity contribution in [2.45, 2.75) is 6.18 Å². The Bertz CT molecular complexity index is 776. The predicted octanol–water partition coefficient (Wildman–Crippen LogP) is 5.00. The number of hydrogen-bond acceptors (Lipinski definition) is 2. The van der Waals surface area contributed by atoms with Crippen LogP contribution in [0.15, 0.2) is 60.8 Å². The maximum atomic E-state index is 12.7. The molecule has 0 saturated carbocycles. The van der Waals surface area contributed by atoms with Crippen molar-refractivity contribution in [3.8, 4) is 0 Å². The minimum absolute atomic E-state index is 0.355. The van der Waals surface area contributed by atoms with Gasteiger partial charge in [-0.2, -0.15) is 13.2 Å². The van der Waals surface area contributed by atoms with Crippen molar-refractivity contribution in [1.29, 1.82) is 0 Å². The van der Waals surface area contributed by atoms with Crippen LogP contribution in [0.4, 0.5) is 24.7 Å². The second-order valence-corrected chi connectivity index (χ2v) is 4.58. The number of nitrogens with zero attached hydrogens (tertiary/aromatic N) is 1. The Morgan fingerprint density at radius 1 is 0.905 bits per heavy atom. The molecule has 0 atom stereocenters. The first-order chi connectivity index (χ1) is 10.0. The molecule has 0 unspecified atom stereocenters. The zero-order chi connectivity index (χ0) is 14.9. The minimum atomic E-state index is -4.36. The number of nitrogens with one attached hydrogen (secondary N) is 1. The Kier molecular flexibility index (Phi) is 3.25. The zero-order valence-electron chi connectivity index (χ0n) is 10.9. The van der Waals surface area contributed by atoms with E-state index >= 15 is 0 Å². The molecule has 2 nitrogen and oxygen atoms in total. The summed E-state index contributed by atoms with van der Waals surface area (Å²) in [5.74, 6) is 0.535. The third-order valence-corrected chi connectivity index (χ3v) is 3.13. The quantitative estimate of drug-likeness (QED) is 0.718. The molecule has 5 heteroatoms. The number of alkyl halides is 3. The van der Waals surface area contributed by atoms with Gasteiger partial charge in [-0.15, -0.1) is 0 Å². The molecule has 0 fully saturated rings. The number of halogens is 3. The van der Waals surface area contributed by atoms with Crippen LogP contribution in [0, 0.1) is 0 Å². The van der Waals surface area contributed by atoms with Crippen LogP contribution in [0.5, 0.6) is 0 Å². The zero-order valence-corrected chi connectivity index (χ0v) is 10.9. The van der Waals surface area contributed by atoms with Gasteiger partial charge in [0.1, 0.15) is 5.82 Å². The van der Waals surface area contributed by atoms with E-state index in [2.05, 4.69) is 10.3 Å². The van der Waals surface area contributed by atoms with E-state index < -0.39 is 11.7 Å². The van der Waals surface area contributed by atoms with Crippen LogP contribution in [0.3, 0.4) is 0 Å². The van der Waals surface area contributed by atoms with Crippen molar-refractivity contribution in [1.82, 2.24) is 4.98 Å². The normalized spacial score (nSPS) is 11.6. The van der Waals surface area contributed by atoms with E-state index in [0.29, 0.717) is 11.5 Å². The molecule has 0 amide bonds. The first-order valence-corrected chi connectivity index (χ1v) is 6.32. The Balaban J connectivity index is 1.99. The average Bonchev–Trinajstić information content (AvgIpc) is 2.47. The van der Waals surface area contributed by atoms with E-state index in [1.54, 1.807) is 12.3 Å². The lowest BCUT2D eigenvalue weighted by atomic mass is 10.1. The maximum absolute atomic E-state index is 12.7. The van der Waals surface area contributed by atoms with Gasteiger partial charge in [0.2, 0.25) is 0 Å². The van der Waals surface area contributed by atoms with Crippen LogP contribution in [0.2, 0.25) is 0 Å². The molecule has 0 aliphatic rings. The summed E-state index contributed by atoms with van der Waals surface area (Å²) in [6.07, 6.45) is -2.73. The van der Waals surface area contributed by atoms with E-state index in [4.69, 9.17) is 0 Å². The molecule has 21 heavy (non-hydrogen) atoms. The first-order valence-electron chi connectivity index (χ1n) is 6.32. The van der Waals surface area contributed by atoms with E-state index in [1.807, 2.05) is 30.3 Å². The Labute approximate surface area is 119 Å². The van der Waals surface area contributed by atoms with Crippen molar-refractivity contribution >= 4 is 22.3 Å². The van der Waals surface area contributed by atoms with Crippen molar-refractivity contribution in [2.24, 2.45) is 0 Å². The Morgan fingerprint density at radius 3 is 2.52 bits per heavy atom. The molecule has 106 valence electrons. The van der Waals surface area contributed by atoms with Crippen molar-refractivity contribution in [2.75, 3.05) is 5.32 Å². The summed E-state index contributed by atoms with van der Waals surface area (Å²) in [6.45, 7) is 0. The lowest BCUT2D eigenvalue weighted by molar-refractivity contribution is -0.137. The van der Waals surface area contributed by atoms with Crippen LogP contribution in [0.1, 0.15) is 5.56 Å². The first kappa shape index (κ1) is 13.4. The highest BCUT2D eigenvalue weighted by molar-refractivity contribution is 5.93. The van der Waals surface area contributed by atoms with Gasteiger partial charge in [-0.05, 0) is 29.7 Å². The SMILES string of the molecule is FC(F)(F)c1cccc(Nc2nccc3ccccc23)c1. The number of fused-ring (bicyclic) bond motifs is 1. The van der Waals surface area contributed by atoms with Crippen molar-refractivity contribution in [3.05, 3.63) is 66.4 Å². The van der Waals surface area contributed by atoms with Gasteiger partial charge in [0, 0.05) is 17.3 Å². The van der Waals surface area contributed by atoms with Gasteiger partial charge in [0.15, 0.2) is 0 Å². The fourth-order valence-electron chi connectivity index (χ4n) is 2.13. The Hall–Kier alpha value is -2.56. The van der Waals surface area contributed by atoms with E-state index in [9.17, 15) is 13.2 Å². The molecular weight excluding hydrogens is 277 g/mol. The molecule has 2 aromatic carbocycles. The number of anilines is 2. The second-order valence-electron chi connectivity index (χ2n) is 4.58. The third kappa shape index (κ3) is 2.81. The van der Waals surface area contributed by atoms with Crippen molar-refractivity contribution in [3.63, 3.8) is 0 Å². The summed E-state index contributed by atoms with van der Waals surface area (Å²) >= 11 is 0. The molecule has 1 aromatic heterocycles. The predicted molar refractivity (Wildman–Crippen MR) is 76.5 cm³/mol. The van der Waals surface area contributed by atoms with Gasteiger partial charge in [-0.3, -0.25) is 0 Å². The molecule has 0 spiro atoms. The summed E-state index contributed by atoms with van der Waals surface area (Å²) in [6, 6.07) is 14.5. The van der Waals surface area contributed by atoms with E-state index in [-0.39, 0.29) is 0 Å². The van der Waals surface area contributed by atoms with Crippen molar-refractivity contribution < 1.29 is 13.2 Å². The van der Waals surface area contributed by atoms with Crippen LogP contribution in [-0.4, -0.2) is 4.98 Å². The molecule has 0 aliphatic carbocycles. The number of hydrogen-bond donors (Lipinski definition) is 1. The van der Waals surface area contributed by atoms with E-state index in [0.717, 1.165) is 22.9 Å². The van der Waals surface area contributed by atoms with Gasteiger partial charge in [-0.25, -0.2) is 4.98 Å². The van der Waals surface area contributed by atoms with Crippen LogP contribution >= 0.6 is 0 Å². The standard InChI is InChI=1S/C16H11F3N2/c17-16(18,19)12-5-3-6-13(10-12)21-15-14-7-2-1-4-11(14)8-9-20-15/h1-10H,(H,20,21). The highest BCUT2D eigenvalue weighted by Crippen LogP contribution is 2.32. The number of pyridine rings is 1. The highest BCUT2D eigenvalue weighted by Gasteiger charge is 2.30. The number of rotatable bonds is 2. The van der Waals surface area contributed by atoms with Crippen LogP contribution in [-0.2, 0) is 6.18 Å². The van der Waals surface area contributed by atoms with Gasteiger partial charge in [-0.1, -0.05) is 30.3 Å². The van der Waals surface area contributed by atoms with Crippen LogP contribution < -0.4 is 5.32 Å². The minimum Gasteiger partial charge on any atom is -0.340 e. The summed E-state index contributed by atoms with van der Waals surface area (Å²) in [4.78, 5) is 4.20. The molecule has 0 saturated heterocycles. The number of aromatic nitrogens is 1. The smallest absolute Gasteiger partial charge is 0.340 e. The molecule has 3 rings (SSSR count). The second kappa shape index (κ2) is 5.09. The van der Waals surface area contributed by atoms with Gasteiger partial charge in [0.25, 0.3) is 0 Å². The fraction of sp³-hybridized carbons (Fsp3) is 0.0625. The fourth-order valence-corrected chi connectivity index (χ4v) is 2.13. The molecule has 1 N–H and O–H groups in total. The summed E-state index contributed by atoms with van der Waals surface area (Å²) < 4.78 is 38.1. The lowest BCUT2D eigenvalue weighted by Gasteiger charge is -2.11. The Morgan fingerprint density at radius 2 is 1.71 bits per heavy atom. The lowest BCUT2D eigenvalue weighted by Crippen LogP contribution is -2.05. The van der Waals surface area contributed by atoms with E-state index in [1.165, 1.54) is 6.07 Å². The number of benzene rings is 2. The molecule has 0 aliphatic heterocycles. The topological polar surface area (TPSA) is 24.9 Å². The summed E-state index contributed by atoms with van der Waals surface area (Å²) in [5.41, 5.74) is -0.332. The highest BCUT2D eigenvalue weighted by atomic mass is 19.4. The summed E-state index contributed by atoms with van der Waals surface area (Å²) in [5, 5.41) is 4.78. The molecule has 1 heterocycles. The average molecular weight is 288 g/mol.